The maximum absolute atomic E-state index is 5.76. The van der Waals surface area contributed by atoms with Gasteiger partial charge in [0, 0.05) is 10.8 Å². The summed E-state index contributed by atoms with van der Waals surface area (Å²) >= 11 is 0. The van der Waals surface area contributed by atoms with Crippen LogP contribution in [0.1, 0.15) is 0 Å². The van der Waals surface area contributed by atoms with Crippen molar-refractivity contribution in [2.24, 2.45) is 0 Å². The zero-order valence-electron chi connectivity index (χ0n) is 9.47. The highest BCUT2D eigenvalue weighted by Gasteiger charge is 2.12. The van der Waals surface area contributed by atoms with Gasteiger partial charge in [0.2, 0.25) is 5.89 Å². The molecule has 2 aromatic carbocycles. The monoisotopic (exact) mass is 233 g/mol. The zero-order valence-corrected chi connectivity index (χ0v) is 9.47. The highest BCUT2D eigenvalue weighted by Crippen LogP contribution is 2.29. The Kier molecular flexibility index (Phi) is 1.83. The number of H-pyrrole nitrogens is 1. The number of aromatic amines is 1. The standard InChI is InChI=1S/C15H9N2O/c1-2-6-11-10(5-1)9-16-14(11)15-17-12-7-3-4-8-13(12)18-15/h1-8,16H. The van der Waals surface area contributed by atoms with Crippen LogP contribution in [0.25, 0.3) is 33.5 Å². The minimum Gasteiger partial charge on any atom is -0.435 e. The number of rotatable bonds is 1. The maximum Gasteiger partial charge on any atom is 0.244 e. The predicted molar refractivity (Wildman–Crippen MR) is 70.1 cm³/mol. The van der Waals surface area contributed by atoms with Gasteiger partial charge in [0.15, 0.2) is 5.58 Å². The molecule has 0 saturated heterocycles. The van der Waals surface area contributed by atoms with Crippen molar-refractivity contribution < 1.29 is 4.42 Å². The molecule has 0 spiro atoms. The van der Waals surface area contributed by atoms with E-state index in [-0.39, 0.29) is 0 Å². The molecular formula is C15H9N2O. The van der Waals surface area contributed by atoms with Crippen LogP contribution >= 0.6 is 0 Å². The van der Waals surface area contributed by atoms with E-state index in [2.05, 4.69) is 16.2 Å². The quantitative estimate of drug-likeness (QED) is 0.543. The van der Waals surface area contributed by atoms with E-state index >= 15 is 0 Å². The molecule has 4 aromatic rings. The first-order valence-corrected chi connectivity index (χ1v) is 5.76. The van der Waals surface area contributed by atoms with E-state index in [0.29, 0.717) is 5.89 Å². The Morgan fingerprint density at radius 1 is 1.00 bits per heavy atom. The summed E-state index contributed by atoms with van der Waals surface area (Å²) in [5, 5.41) is 2.11. The Balaban J connectivity index is 2.01. The number of hydrogen-bond acceptors (Lipinski definition) is 2. The topological polar surface area (TPSA) is 41.8 Å². The molecule has 3 heteroatoms. The molecule has 0 amide bonds. The van der Waals surface area contributed by atoms with Crippen molar-refractivity contribution in [3.63, 3.8) is 0 Å². The predicted octanol–water partition coefficient (Wildman–Crippen LogP) is 3.78. The smallest absolute Gasteiger partial charge is 0.244 e. The number of hydrogen-bond donors (Lipinski definition) is 1. The molecule has 18 heavy (non-hydrogen) atoms. The second kappa shape index (κ2) is 3.47. The van der Waals surface area contributed by atoms with Gasteiger partial charge >= 0.3 is 0 Å². The fourth-order valence-electron chi connectivity index (χ4n) is 2.16. The first-order chi connectivity index (χ1) is 8.92. The molecule has 2 heterocycles. The van der Waals surface area contributed by atoms with Gasteiger partial charge in [-0.25, -0.2) is 4.98 Å². The summed E-state index contributed by atoms with van der Waals surface area (Å²) < 4.78 is 5.76. The molecule has 0 aliphatic heterocycles. The molecule has 0 bridgehead atoms. The van der Waals surface area contributed by atoms with Crippen molar-refractivity contribution in [2.45, 2.75) is 0 Å². The average Bonchev–Trinajstić information content (AvgIpc) is 3.02. The highest BCUT2D eigenvalue weighted by molar-refractivity contribution is 5.94. The molecule has 0 unspecified atom stereocenters. The molecular weight excluding hydrogens is 224 g/mol. The Labute approximate surface area is 103 Å². The third-order valence-corrected chi connectivity index (χ3v) is 3.03. The van der Waals surface area contributed by atoms with E-state index in [1.807, 2.05) is 48.5 Å². The van der Waals surface area contributed by atoms with Crippen molar-refractivity contribution in [1.29, 1.82) is 0 Å². The van der Waals surface area contributed by atoms with Crippen LogP contribution in [0.4, 0.5) is 0 Å². The Morgan fingerprint density at radius 2 is 1.83 bits per heavy atom. The number of nitrogens with zero attached hydrogens (tertiary/aromatic N) is 1. The number of oxazole rings is 1. The highest BCUT2D eigenvalue weighted by atomic mass is 16.3. The lowest BCUT2D eigenvalue weighted by atomic mass is 10.2. The van der Waals surface area contributed by atoms with E-state index in [1.165, 1.54) is 0 Å². The number of benzene rings is 2. The lowest BCUT2D eigenvalue weighted by molar-refractivity contribution is 0.618. The Hall–Kier alpha value is -2.55. The summed E-state index contributed by atoms with van der Waals surface area (Å²) in [6, 6.07) is 15.8. The van der Waals surface area contributed by atoms with Crippen LogP contribution in [-0.2, 0) is 0 Å². The molecule has 0 saturated carbocycles. The second-order valence-electron chi connectivity index (χ2n) is 4.16. The van der Waals surface area contributed by atoms with Crippen molar-refractivity contribution in [3.8, 4) is 11.6 Å². The first-order valence-electron chi connectivity index (χ1n) is 5.76. The lowest BCUT2D eigenvalue weighted by Gasteiger charge is -1.92. The van der Waals surface area contributed by atoms with Gasteiger partial charge in [-0.3, -0.25) is 0 Å². The molecule has 1 N–H and O–H groups in total. The molecule has 0 atom stereocenters. The molecule has 3 nitrogen and oxygen atoms in total. The first kappa shape index (κ1) is 9.48. The normalized spacial score (nSPS) is 11.3. The van der Waals surface area contributed by atoms with E-state index in [9.17, 15) is 0 Å². The minimum atomic E-state index is 0.605. The third-order valence-electron chi connectivity index (χ3n) is 3.03. The van der Waals surface area contributed by atoms with Gasteiger partial charge < -0.3 is 9.40 Å². The van der Waals surface area contributed by atoms with Gasteiger partial charge in [-0.2, -0.15) is 0 Å². The fourth-order valence-corrected chi connectivity index (χ4v) is 2.16. The summed E-state index contributed by atoms with van der Waals surface area (Å²) in [7, 11) is 0. The van der Waals surface area contributed by atoms with E-state index in [0.717, 1.165) is 27.6 Å². The van der Waals surface area contributed by atoms with Crippen molar-refractivity contribution in [3.05, 3.63) is 54.7 Å². The van der Waals surface area contributed by atoms with Crippen LogP contribution in [0.15, 0.2) is 52.9 Å². The molecule has 85 valence electrons. The zero-order chi connectivity index (χ0) is 11.9. The average molecular weight is 233 g/mol. The van der Waals surface area contributed by atoms with Crippen LogP contribution in [-0.4, -0.2) is 9.97 Å². The number of para-hydroxylation sites is 2. The van der Waals surface area contributed by atoms with Gasteiger partial charge in [-0.15, -0.1) is 0 Å². The van der Waals surface area contributed by atoms with Gasteiger partial charge in [0.05, 0.1) is 6.20 Å². The van der Waals surface area contributed by atoms with E-state index in [4.69, 9.17) is 4.42 Å². The summed E-state index contributed by atoms with van der Waals surface area (Å²) in [5.74, 6) is 0.605. The summed E-state index contributed by atoms with van der Waals surface area (Å²) in [4.78, 5) is 7.60. The molecule has 2 aromatic heterocycles. The molecule has 0 aliphatic carbocycles. The van der Waals surface area contributed by atoms with Crippen molar-refractivity contribution in [1.82, 2.24) is 9.97 Å². The Morgan fingerprint density at radius 3 is 2.78 bits per heavy atom. The van der Waals surface area contributed by atoms with Gasteiger partial charge in [-0.1, -0.05) is 36.4 Å². The van der Waals surface area contributed by atoms with Gasteiger partial charge in [0.1, 0.15) is 11.2 Å². The van der Waals surface area contributed by atoms with E-state index in [1.54, 1.807) is 0 Å². The molecule has 0 fully saturated rings. The van der Waals surface area contributed by atoms with Crippen LogP contribution < -0.4 is 0 Å². The van der Waals surface area contributed by atoms with E-state index < -0.39 is 0 Å². The van der Waals surface area contributed by atoms with Crippen LogP contribution in [0.2, 0.25) is 0 Å². The molecule has 4 rings (SSSR count). The van der Waals surface area contributed by atoms with Crippen LogP contribution in [0, 0.1) is 6.20 Å². The third kappa shape index (κ3) is 1.27. The summed E-state index contributed by atoms with van der Waals surface area (Å²) in [6.45, 7) is 0. The largest absolute Gasteiger partial charge is 0.435 e. The maximum atomic E-state index is 5.76. The summed E-state index contributed by atoms with van der Waals surface area (Å²) in [6.07, 6.45) is 3.11. The summed E-state index contributed by atoms with van der Waals surface area (Å²) in [5.41, 5.74) is 2.54. The Bertz CT molecular complexity index is 809. The second-order valence-corrected chi connectivity index (χ2v) is 4.16. The minimum absolute atomic E-state index is 0.605. The number of aromatic nitrogens is 2. The van der Waals surface area contributed by atoms with Crippen molar-refractivity contribution >= 4 is 21.9 Å². The lowest BCUT2D eigenvalue weighted by Crippen LogP contribution is -1.76. The molecule has 0 aliphatic rings. The van der Waals surface area contributed by atoms with Crippen molar-refractivity contribution in [2.75, 3.05) is 0 Å². The van der Waals surface area contributed by atoms with Gasteiger partial charge in [0.25, 0.3) is 0 Å². The SMILES string of the molecule is [c]1[nH]c(-c2nc3ccccc3o2)c2ccccc12. The molecule has 1 radical (unpaired) electrons. The number of fused-ring (bicyclic) bond motifs is 2. The van der Waals surface area contributed by atoms with Crippen LogP contribution in [0.3, 0.4) is 0 Å². The van der Waals surface area contributed by atoms with Gasteiger partial charge in [-0.05, 0) is 12.1 Å². The number of nitrogens with one attached hydrogen (secondary N) is 1. The fraction of sp³-hybridized carbons (Fsp3) is 0. The van der Waals surface area contributed by atoms with Crippen LogP contribution in [0.5, 0.6) is 0 Å².